The Morgan fingerprint density at radius 3 is 2.31 bits per heavy atom. The van der Waals surface area contributed by atoms with E-state index in [1.54, 1.807) is 0 Å². The van der Waals surface area contributed by atoms with Gasteiger partial charge in [0.15, 0.2) is 0 Å². The zero-order chi connectivity index (χ0) is 18.1. The van der Waals surface area contributed by atoms with Crippen molar-refractivity contribution in [3.05, 3.63) is 71.8 Å². The molecule has 0 saturated carbocycles. The van der Waals surface area contributed by atoms with Crippen LogP contribution in [0.4, 0.5) is 4.79 Å². The molecule has 3 unspecified atom stereocenters. The lowest BCUT2D eigenvalue weighted by Gasteiger charge is -2.48. The Bertz CT molecular complexity index is 824. The first-order valence-electron chi connectivity index (χ1n) is 8.50. The lowest BCUT2D eigenvalue weighted by atomic mass is 9.91. The van der Waals surface area contributed by atoms with Crippen molar-refractivity contribution in [1.29, 1.82) is 0 Å². The summed E-state index contributed by atoms with van der Waals surface area (Å²) >= 11 is 0. The van der Waals surface area contributed by atoms with Gasteiger partial charge >= 0.3 is 6.09 Å². The van der Waals surface area contributed by atoms with Gasteiger partial charge in [-0.3, -0.25) is 9.69 Å². The second kappa shape index (κ2) is 6.63. The van der Waals surface area contributed by atoms with Gasteiger partial charge in [0.25, 0.3) is 0 Å². The van der Waals surface area contributed by atoms with Crippen molar-refractivity contribution in [2.45, 2.75) is 24.7 Å². The van der Waals surface area contributed by atoms with Crippen molar-refractivity contribution in [3.8, 4) is 0 Å². The summed E-state index contributed by atoms with van der Waals surface area (Å²) in [6, 6.07) is 17.0. The second-order valence-electron chi connectivity index (χ2n) is 6.43. The molecule has 0 aromatic heterocycles. The Hall–Kier alpha value is -3.15. The lowest BCUT2D eigenvalue weighted by Crippen LogP contribution is -2.71. The Labute approximate surface area is 151 Å². The molecule has 4 rings (SSSR count). The molecule has 6 nitrogen and oxygen atoms in total. The van der Waals surface area contributed by atoms with Crippen LogP contribution in [0.25, 0.3) is 0 Å². The van der Waals surface area contributed by atoms with E-state index in [1.807, 2.05) is 60.7 Å². The molecule has 0 bridgehead atoms. The molecule has 2 saturated heterocycles. The number of amides is 2. The number of hydrogen-bond acceptors (Lipinski definition) is 4. The zero-order valence-electron chi connectivity index (χ0n) is 14.0. The predicted molar refractivity (Wildman–Crippen MR) is 93.0 cm³/mol. The van der Waals surface area contributed by atoms with Gasteiger partial charge in [-0.25, -0.2) is 4.79 Å². The molecule has 2 aromatic carbocycles. The first kappa shape index (κ1) is 16.3. The quantitative estimate of drug-likeness (QED) is 0.612. The molecule has 26 heavy (non-hydrogen) atoms. The Morgan fingerprint density at radius 1 is 1.00 bits per heavy atom. The molecule has 0 aliphatic carbocycles. The van der Waals surface area contributed by atoms with E-state index in [2.05, 4.69) is 0 Å². The summed E-state index contributed by atoms with van der Waals surface area (Å²) in [4.78, 5) is 39.6. The standard InChI is InChI=1S/C20H18N2O4/c23-12-16-18(19(24)21(16)11-14-7-3-1-4-8-14)22-17(13-26-20(22)25)15-9-5-2-6-10-15/h1-10,12,16-18H,11,13H2. The monoisotopic (exact) mass is 350 g/mol. The minimum atomic E-state index is -0.809. The maximum absolute atomic E-state index is 12.8. The van der Waals surface area contributed by atoms with Gasteiger partial charge in [-0.05, 0) is 11.1 Å². The molecule has 2 fully saturated rings. The normalized spacial score (nSPS) is 25.0. The largest absolute Gasteiger partial charge is 0.447 e. The number of likely N-dealkylation sites (tertiary alicyclic amines) is 1. The van der Waals surface area contributed by atoms with Crippen LogP contribution in [0.5, 0.6) is 0 Å². The van der Waals surface area contributed by atoms with Gasteiger partial charge in [-0.1, -0.05) is 60.7 Å². The topological polar surface area (TPSA) is 66.9 Å². The fourth-order valence-corrected chi connectivity index (χ4v) is 3.62. The Kier molecular flexibility index (Phi) is 4.16. The van der Waals surface area contributed by atoms with Crippen molar-refractivity contribution >= 4 is 18.3 Å². The number of carbonyl (C=O) groups is 3. The summed E-state index contributed by atoms with van der Waals surface area (Å²) in [5.74, 6) is -0.231. The minimum Gasteiger partial charge on any atom is -0.447 e. The number of cyclic esters (lactones) is 1. The van der Waals surface area contributed by atoms with Crippen LogP contribution in [0, 0.1) is 0 Å². The lowest BCUT2D eigenvalue weighted by molar-refractivity contribution is -0.161. The van der Waals surface area contributed by atoms with Gasteiger partial charge < -0.3 is 14.4 Å². The van der Waals surface area contributed by atoms with Crippen LogP contribution in [0.1, 0.15) is 17.2 Å². The first-order valence-corrected chi connectivity index (χ1v) is 8.50. The van der Waals surface area contributed by atoms with Gasteiger partial charge in [0.05, 0.1) is 6.04 Å². The van der Waals surface area contributed by atoms with E-state index in [4.69, 9.17) is 4.74 Å². The van der Waals surface area contributed by atoms with Crippen molar-refractivity contribution in [2.75, 3.05) is 6.61 Å². The van der Waals surface area contributed by atoms with E-state index >= 15 is 0 Å². The minimum absolute atomic E-state index is 0.177. The maximum atomic E-state index is 12.8. The summed E-state index contributed by atoms with van der Waals surface area (Å²) in [6.45, 7) is 0.523. The predicted octanol–water partition coefficient (Wildman–Crippen LogP) is 2.16. The number of hydrogen-bond donors (Lipinski definition) is 0. The number of β-lactam (4-membered cyclic amide) rings is 1. The van der Waals surface area contributed by atoms with Crippen LogP contribution < -0.4 is 0 Å². The molecule has 2 aliphatic heterocycles. The van der Waals surface area contributed by atoms with Gasteiger partial charge in [0.1, 0.15) is 25.0 Å². The number of ether oxygens (including phenoxy) is 1. The molecule has 0 N–H and O–H groups in total. The van der Waals surface area contributed by atoms with Crippen LogP contribution in [0.3, 0.4) is 0 Å². The molecule has 2 aromatic rings. The van der Waals surface area contributed by atoms with Gasteiger partial charge in [0.2, 0.25) is 5.91 Å². The number of carbonyl (C=O) groups excluding carboxylic acids is 3. The Morgan fingerprint density at radius 2 is 1.65 bits per heavy atom. The average Bonchev–Trinajstić information content (AvgIpc) is 3.06. The zero-order valence-corrected chi connectivity index (χ0v) is 14.0. The number of benzene rings is 2. The van der Waals surface area contributed by atoms with E-state index in [-0.39, 0.29) is 18.6 Å². The van der Waals surface area contributed by atoms with Crippen LogP contribution in [0.2, 0.25) is 0 Å². The maximum Gasteiger partial charge on any atom is 0.411 e. The molecule has 2 amide bonds. The molecule has 6 heteroatoms. The van der Waals surface area contributed by atoms with Gasteiger partial charge in [-0.15, -0.1) is 0 Å². The third-order valence-electron chi connectivity index (χ3n) is 4.95. The third kappa shape index (κ3) is 2.63. The van der Waals surface area contributed by atoms with Crippen molar-refractivity contribution in [2.24, 2.45) is 0 Å². The van der Waals surface area contributed by atoms with E-state index in [0.29, 0.717) is 6.54 Å². The molecule has 132 valence electrons. The van der Waals surface area contributed by atoms with E-state index in [0.717, 1.165) is 17.4 Å². The average molecular weight is 350 g/mol. The molecule has 3 atom stereocenters. The van der Waals surface area contributed by atoms with Crippen LogP contribution in [-0.4, -0.2) is 46.8 Å². The molecule has 2 heterocycles. The highest BCUT2D eigenvalue weighted by atomic mass is 16.6. The van der Waals surface area contributed by atoms with Crippen molar-refractivity contribution in [1.82, 2.24) is 9.80 Å². The van der Waals surface area contributed by atoms with Gasteiger partial charge in [-0.2, -0.15) is 0 Å². The Balaban J connectivity index is 1.57. The molecular weight excluding hydrogens is 332 g/mol. The number of rotatable bonds is 5. The van der Waals surface area contributed by atoms with E-state index in [9.17, 15) is 14.4 Å². The highest BCUT2D eigenvalue weighted by Gasteiger charge is 2.56. The molecule has 0 spiro atoms. The van der Waals surface area contributed by atoms with Crippen LogP contribution in [0.15, 0.2) is 60.7 Å². The fourth-order valence-electron chi connectivity index (χ4n) is 3.62. The van der Waals surface area contributed by atoms with Crippen molar-refractivity contribution in [3.63, 3.8) is 0 Å². The summed E-state index contributed by atoms with van der Waals surface area (Å²) in [7, 11) is 0. The van der Waals surface area contributed by atoms with Crippen molar-refractivity contribution < 1.29 is 19.1 Å². The van der Waals surface area contributed by atoms with Crippen LogP contribution >= 0.6 is 0 Å². The molecule has 2 aliphatic rings. The van der Waals surface area contributed by atoms with E-state index in [1.165, 1.54) is 9.80 Å². The molecular formula is C20H18N2O4. The summed E-state index contributed by atoms with van der Waals surface area (Å²) < 4.78 is 5.18. The highest BCUT2D eigenvalue weighted by Crippen LogP contribution is 2.36. The number of aldehydes is 1. The number of nitrogens with zero attached hydrogens (tertiary/aromatic N) is 2. The third-order valence-corrected chi connectivity index (χ3v) is 4.95. The first-order chi connectivity index (χ1) is 12.7. The highest BCUT2D eigenvalue weighted by molar-refractivity contribution is 5.98. The molecule has 0 radical (unpaired) electrons. The smallest absolute Gasteiger partial charge is 0.411 e. The van der Waals surface area contributed by atoms with Gasteiger partial charge in [0, 0.05) is 6.54 Å². The second-order valence-corrected chi connectivity index (χ2v) is 6.43. The fraction of sp³-hybridized carbons (Fsp3) is 0.250. The summed E-state index contributed by atoms with van der Waals surface area (Å²) in [5.41, 5.74) is 1.83. The van der Waals surface area contributed by atoms with Crippen LogP contribution in [-0.2, 0) is 20.9 Å². The SMILES string of the molecule is O=CC1C(N2C(=O)OCC2c2ccccc2)C(=O)N1Cc1ccccc1. The van der Waals surface area contributed by atoms with E-state index < -0.39 is 18.2 Å². The summed E-state index contributed by atoms with van der Waals surface area (Å²) in [5, 5.41) is 0. The summed E-state index contributed by atoms with van der Waals surface area (Å²) in [6.07, 6.45) is 0.186.